The van der Waals surface area contributed by atoms with Crippen LogP contribution in [0.5, 0.6) is 0 Å². The molecular weight excluding hydrogens is 456 g/mol. The third kappa shape index (κ3) is 7.87. The van der Waals surface area contributed by atoms with Crippen molar-refractivity contribution in [1.29, 1.82) is 0 Å². The van der Waals surface area contributed by atoms with E-state index in [1.54, 1.807) is 6.20 Å². The van der Waals surface area contributed by atoms with Gasteiger partial charge in [0.2, 0.25) is 11.6 Å². The van der Waals surface area contributed by atoms with Crippen LogP contribution in [0.1, 0.15) is 50.7 Å². The number of carbonyl (C=O) groups is 1. The number of amides is 1. The Balaban J connectivity index is 1.68. The van der Waals surface area contributed by atoms with Gasteiger partial charge in [-0.05, 0) is 49.8 Å². The maximum Gasteiger partial charge on any atom is 0.407 e. The van der Waals surface area contributed by atoms with E-state index in [9.17, 15) is 4.79 Å². The second-order valence-corrected chi connectivity index (χ2v) is 8.28. The molecule has 9 heteroatoms. The molecule has 0 saturated heterocycles. The molecule has 0 atom stereocenters. The van der Waals surface area contributed by atoms with Gasteiger partial charge < -0.3 is 24.8 Å². The molecule has 2 N–H and O–H groups in total. The maximum atomic E-state index is 12.3. The number of aromatic nitrogens is 2. The van der Waals surface area contributed by atoms with Crippen LogP contribution in [0.4, 0.5) is 10.6 Å². The predicted molar refractivity (Wildman–Crippen MR) is 130 cm³/mol. The van der Waals surface area contributed by atoms with Gasteiger partial charge in [0.15, 0.2) is 0 Å². The van der Waals surface area contributed by atoms with E-state index in [-0.39, 0.29) is 17.4 Å². The molecule has 3 rings (SSSR count). The first-order chi connectivity index (χ1) is 16.5. The molecule has 1 saturated carbocycles. The fourth-order valence-corrected chi connectivity index (χ4v) is 3.92. The summed E-state index contributed by atoms with van der Waals surface area (Å²) in [6.07, 6.45) is 4.26. The zero-order chi connectivity index (χ0) is 24.2. The number of halogens is 1. The lowest BCUT2D eigenvalue weighted by Crippen LogP contribution is -2.47. The lowest BCUT2D eigenvalue weighted by Gasteiger charge is -2.31. The average Bonchev–Trinajstić information content (AvgIpc) is 3.30. The number of alkyl carbamates (subject to hydrolysis) is 1. The normalized spacial score (nSPS) is 14.4. The minimum Gasteiger partial charge on any atom is -0.445 e. The van der Waals surface area contributed by atoms with E-state index in [0.717, 1.165) is 31.2 Å². The van der Waals surface area contributed by atoms with E-state index >= 15 is 0 Å². The summed E-state index contributed by atoms with van der Waals surface area (Å²) in [7, 11) is 0. The zero-order valence-electron chi connectivity index (χ0n) is 19.6. The second-order valence-electron chi connectivity index (χ2n) is 7.94. The maximum absolute atomic E-state index is 12.3. The largest absolute Gasteiger partial charge is 0.445 e. The summed E-state index contributed by atoms with van der Waals surface area (Å²) >= 11 is 6.09. The molecule has 1 amide bonds. The summed E-state index contributed by atoms with van der Waals surface area (Å²) < 4.78 is 16.4. The van der Waals surface area contributed by atoms with Gasteiger partial charge in [0.25, 0.3) is 0 Å². The van der Waals surface area contributed by atoms with Crippen LogP contribution in [0.15, 0.2) is 36.5 Å². The average molecular weight is 487 g/mol. The topological polar surface area (TPSA) is 94.6 Å². The van der Waals surface area contributed by atoms with E-state index in [0.29, 0.717) is 31.1 Å². The van der Waals surface area contributed by atoms with Crippen molar-refractivity contribution < 1.29 is 19.0 Å². The molecule has 8 nitrogen and oxygen atoms in total. The van der Waals surface area contributed by atoms with E-state index in [1.807, 2.05) is 44.2 Å². The minimum absolute atomic E-state index is 0.114. The van der Waals surface area contributed by atoms with E-state index < -0.39 is 12.4 Å². The van der Waals surface area contributed by atoms with Crippen LogP contribution in [-0.4, -0.2) is 47.6 Å². The number of hydrogen-bond donors (Lipinski definition) is 2. The quantitative estimate of drug-likeness (QED) is 0.289. The van der Waals surface area contributed by atoms with E-state index in [2.05, 4.69) is 32.4 Å². The van der Waals surface area contributed by atoms with E-state index in [1.165, 1.54) is 0 Å². The van der Waals surface area contributed by atoms with Crippen molar-refractivity contribution in [3.63, 3.8) is 0 Å². The van der Waals surface area contributed by atoms with Crippen LogP contribution in [0, 0.1) is 11.8 Å². The molecule has 1 fully saturated rings. The van der Waals surface area contributed by atoms with Crippen LogP contribution in [0.2, 0.25) is 5.28 Å². The van der Waals surface area contributed by atoms with Crippen molar-refractivity contribution in [3.8, 4) is 11.8 Å². The Morgan fingerprint density at radius 1 is 1.18 bits per heavy atom. The molecule has 1 aliphatic carbocycles. The lowest BCUT2D eigenvalue weighted by atomic mass is 9.97. The van der Waals surface area contributed by atoms with Crippen molar-refractivity contribution in [3.05, 3.63) is 52.9 Å². The zero-order valence-corrected chi connectivity index (χ0v) is 20.4. The number of hydrogen-bond acceptors (Lipinski definition) is 7. The Bertz CT molecular complexity index is 981. The first-order valence-electron chi connectivity index (χ1n) is 11.5. The van der Waals surface area contributed by atoms with Crippen molar-refractivity contribution >= 4 is 23.5 Å². The van der Waals surface area contributed by atoms with E-state index in [4.69, 9.17) is 25.8 Å². The highest BCUT2D eigenvalue weighted by Crippen LogP contribution is 2.33. The van der Waals surface area contributed by atoms with Gasteiger partial charge in [0.1, 0.15) is 12.4 Å². The van der Waals surface area contributed by atoms with Crippen LogP contribution in [0.25, 0.3) is 0 Å². The number of benzene rings is 1. The fourth-order valence-electron chi connectivity index (χ4n) is 3.78. The molecule has 0 spiro atoms. The van der Waals surface area contributed by atoms with Gasteiger partial charge in [-0.1, -0.05) is 49.1 Å². The first-order valence-corrected chi connectivity index (χ1v) is 11.9. The van der Waals surface area contributed by atoms with Crippen LogP contribution >= 0.6 is 11.6 Å². The highest BCUT2D eigenvalue weighted by atomic mass is 35.5. The van der Waals surface area contributed by atoms with Crippen molar-refractivity contribution in [1.82, 2.24) is 15.3 Å². The molecule has 1 aromatic carbocycles. The minimum atomic E-state index is -0.639. The monoisotopic (exact) mass is 486 g/mol. The molecule has 182 valence electrons. The molecule has 0 aliphatic heterocycles. The molecule has 0 radical (unpaired) electrons. The van der Waals surface area contributed by atoms with Gasteiger partial charge >= 0.3 is 6.09 Å². The van der Waals surface area contributed by atoms with Gasteiger partial charge in [0, 0.05) is 26.0 Å². The van der Waals surface area contributed by atoms with Gasteiger partial charge in [-0.15, -0.1) is 0 Å². The van der Waals surface area contributed by atoms with Crippen LogP contribution in [0.3, 0.4) is 0 Å². The highest BCUT2D eigenvalue weighted by Gasteiger charge is 2.35. The Hall–Kier alpha value is -2.86. The number of nitrogens with zero attached hydrogens (tertiary/aromatic N) is 2. The molecule has 2 aromatic rings. The molecular formula is C25H31ClN4O4. The number of nitrogens with one attached hydrogen (secondary N) is 2. The lowest BCUT2D eigenvalue weighted by molar-refractivity contribution is -0.0969. The van der Waals surface area contributed by atoms with Gasteiger partial charge in [-0.2, -0.15) is 4.98 Å². The standard InChI is InChI=1S/C25H31ClN4O4/c1-3-32-21(33-4-2)13-12-20-16-27-23(26)29-22(20)30-25(14-8-9-15-25)18-28-24(31)34-17-19-10-6-5-7-11-19/h5-7,10-11,16,21H,3-4,8-9,14-15,17-18H2,1-2H3,(H,28,31)(H,27,29,30). The Labute approximate surface area is 205 Å². The molecule has 0 bridgehead atoms. The Morgan fingerprint density at radius 3 is 2.56 bits per heavy atom. The van der Waals surface area contributed by atoms with Gasteiger partial charge in [-0.25, -0.2) is 9.78 Å². The Kier molecular flexibility index (Phi) is 9.95. The summed E-state index contributed by atoms with van der Waals surface area (Å²) in [5.41, 5.74) is 1.12. The SMILES string of the molecule is CCOC(C#Cc1cnc(Cl)nc1NC1(CNC(=O)OCc2ccccc2)CCCC1)OCC. The first kappa shape index (κ1) is 25.8. The van der Waals surface area contributed by atoms with Gasteiger partial charge in [-0.3, -0.25) is 0 Å². The van der Waals surface area contributed by atoms with Gasteiger partial charge in [0.05, 0.1) is 11.1 Å². The van der Waals surface area contributed by atoms with Crippen LogP contribution < -0.4 is 10.6 Å². The summed E-state index contributed by atoms with van der Waals surface area (Å²) in [5, 5.41) is 6.50. The molecule has 34 heavy (non-hydrogen) atoms. The smallest absolute Gasteiger partial charge is 0.407 e. The van der Waals surface area contributed by atoms with Crippen molar-refractivity contribution in [2.75, 3.05) is 25.1 Å². The summed E-state index contributed by atoms with van der Waals surface area (Å²) in [6.45, 7) is 5.33. The number of carbonyl (C=O) groups excluding carboxylic acids is 1. The van der Waals surface area contributed by atoms with Crippen molar-refractivity contribution in [2.24, 2.45) is 0 Å². The molecule has 0 unspecified atom stereocenters. The van der Waals surface area contributed by atoms with Crippen molar-refractivity contribution in [2.45, 2.75) is 58.0 Å². The molecule has 1 aliphatic rings. The van der Waals surface area contributed by atoms with Crippen LogP contribution in [-0.2, 0) is 20.8 Å². The summed E-state index contributed by atoms with van der Waals surface area (Å²) in [6, 6.07) is 9.57. The summed E-state index contributed by atoms with van der Waals surface area (Å²) in [5.74, 6) is 6.53. The summed E-state index contributed by atoms with van der Waals surface area (Å²) in [4.78, 5) is 20.8. The number of anilines is 1. The number of ether oxygens (including phenoxy) is 3. The predicted octanol–water partition coefficient (Wildman–Crippen LogP) is 4.53. The molecule has 1 aromatic heterocycles. The highest BCUT2D eigenvalue weighted by molar-refractivity contribution is 6.28. The molecule has 1 heterocycles. The Morgan fingerprint density at radius 2 is 1.88 bits per heavy atom. The third-order valence-corrected chi connectivity index (χ3v) is 5.63. The third-order valence-electron chi connectivity index (χ3n) is 5.45. The fraction of sp³-hybridized carbons (Fsp3) is 0.480. The number of rotatable bonds is 10. The second kappa shape index (κ2) is 13.1.